The number of rotatable bonds is 3. The average Bonchev–Trinajstić information content (AvgIpc) is 3.40. The van der Waals surface area contributed by atoms with Crippen molar-refractivity contribution in [2.45, 2.75) is 13.0 Å². The Morgan fingerprint density at radius 2 is 1.88 bits per heavy atom. The third-order valence-corrected chi connectivity index (χ3v) is 5.71. The number of anilines is 1. The minimum Gasteiger partial charge on any atom is -0.414 e. The summed E-state index contributed by atoms with van der Waals surface area (Å²) < 4.78 is 21.6. The molecule has 32 heavy (non-hydrogen) atoms. The van der Waals surface area contributed by atoms with Crippen LogP contribution in [0.15, 0.2) is 52.9 Å². The minimum atomic E-state index is -0.451. The number of aromatic nitrogens is 4. The van der Waals surface area contributed by atoms with Gasteiger partial charge in [0.15, 0.2) is 5.69 Å². The van der Waals surface area contributed by atoms with Crippen molar-refractivity contribution in [2.75, 3.05) is 11.9 Å². The Hall–Kier alpha value is -3.72. The van der Waals surface area contributed by atoms with Crippen molar-refractivity contribution in [3.05, 3.63) is 70.6 Å². The fourth-order valence-corrected chi connectivity index (χ4v) is 3.94. The van der Waals surface area contributed by atoms with E-state index in [1.165, 1.54) is 6.07 Å². The summed E-state index contributed by atoms with van der Waals surface area (Å²) in [7, 11) is 1.83. The van der Waals surface area contributed by atoms with Gasteiger partial charge in [-0.25, -0.2) is 9.18 Å². The number of carbonyl (C=O) groups is 1. The van der Waals surface area contributed by atoms with Crippen LogP contribution in [0.1, 0.15) is 11.3 Å². The Morgan fingerprint density at radius 1 is 1.12 bits per heavy atom. The number of amides is 2. The van der Waals surface area contributed by atoms with E-state index in [2.05, 4.69) is 20.6 Å². The second kappa shape index (κ2) is 8.08. The molecule has 1 aliphatic heterocycles. The normalized spacial score (nSPS) is 13.2. The molecule has 0 bridgehead atoms. The van der Waals surface area contributed by atoms with Crippen molar-refractivity contribution in [1.82, 2.24) is 24.9 Å². The predicted molar refractivity (Wildman–Crippen MR) is 116 cm³/mol. The van der Waals surface area contributed by atoms with Crippen LogP contribution < -0.4 is 5.32 Å². The lowest BCUT2D eigenvalue weighted by molar-refractivity contribution is 0.206. The molecule has 0 fully saturated rings. The molecule has 0 atom stereocenters. The Kier molecular flexibility index (Phi) is 5.10. The van der Waals surface area contributed by atoms with Crippen LogP contribution in [0, 0.1) is 5.82 Å². The lowest BCUT2D eigenvalue weighted by Gasteiger charge is -2.27. The Labute approximate surface area is 187 Å². The molecule has 0 radical (unpaired) electrons. The number of hydrogen-bond donors (Lipinski definition) is 1. The predicted octanol–water partition coefficient (Wildman–Crippen LogP) is 4.52. The van der Waals surface area contributed by atoms with Crippen LogP contribution >= 0.6 is 11.6 Å². The van der Waals surface area contributed by atoms with Gasteiger partial charge in [0.2, 0.25) is 0 Å². The maximum absolute atomic E-state index is 14.1. The van der Waals surface area contributed by atoms with E-state index in [0.717, 1.165) is 11.3 Å². The summed E-state index contributed by atoms with van der Waals surface area (Å²) in [5.74, 6) is -0.205. The summed E-state index contributed by atoms with van der Waals surface area (Å²) in [6, 6.07) is 13.0. The highest BCUT2D eigenvalue weighted by molar-refractivity contribution is 6.33. The van der Waals surface area contributed by atoms with Crippen LogP contribution in [0.3, 0.4) is 0 Å². The maximum atomic E-state index is 14.1. The molecule has 2 aromatic carbocycles. The average molecular weight is 453 g/mol. The van der Waals surface area contributed by atoms with E-state index in [1.807, 2.05) is 7.05 Å². The molecule has 0 unspecified atom stereocenters. The largest absolute Gasteiger partial charge is 0.414 e. The van der Waals surface area contributed by atoms with Gasteiger partial charge in [0, 0.05) is 31.3 Å². The Morgan fingerprint density at radius 3 is 2.69 bits per heavy atom. The van der Waals surface area contributed by atoms with Gasteiger partial charge in [-0.3, -0.25) is 4.68 Å². The highest BCUT2D eigenvalue weighted by atomic mass is 35.5. The molecule has 0 spiro atoms. The Bertz CT molecular complexity index is 1320. The first-order chi connectivity index (χ1) is 15.5. The summed E-state index contributed by atoms with van der Waals surface area (Å²) in [5, 5.41) is 15.9. The van der Waals surface area contributed by atoms with E-state index in [0.29, 0.717) is 35.9 Å². The van der Waals surface area contributed by atoms with Gasteiger partial charge in [0.25, 0.3) is 11.8 Å². The van der Waals surface area contributed by atoms with E-state index in [4.69, 9.17) is 16.0 Å². The molecule has 4 aromatic rings. The summed E-state index contributed by atoms with van der Waals surface area (Å²) >= 11 is 6.16. The van der Waals surface area contributed by atoms with Gasteiger partial charge < -0.3 is 14.6 Å². The van der Waals surface area contributed by atoms with Crippen molar-refractivity contribution in [3.8, 4) is 23.0 Å². The number of benzene rings is 2. The lowest BCUT2D eigenvalue weighted by Crippen LogP contribution is -2.39. The SMILES string of the molecule is Cn1nc(-c2nnc(-c3ccccc3F)o2)c2c1CCN(C(=O)Nc1ccccc1Cl)C2. The number of fused-ring (bicyclic) bond motifs is 1. The molecule has 1 N–H and O–H groups in total. The van der Waals surface area contributed by atoms with E-state index in [-0.39, 0.29) is 23.4 Å². The monoisotopic (exact) mass is 452 g/mol. The second-order valence-corrected chi connectivity index (χ2v) is 7.78. The minimum absolute atomic E-state index is 0.0710. The van der Waals surface area contributed by atoms with Gasteiger partial charge in [-0.05, 0) is 24.3 Å². The fourth-order valence-electron chi connectivity index (χ4n) is 3.76. The second-order valence-electron chi connectivity index (χ2n) is 7.37. The van der Waals surface area contributed by atoms with Crippen molar-refractivity contribution >= 4 is 23.3 Å². The van der Waals surface area contributed by atoms with Gasteiger partial charge in [-0.1, -0.05) is 35.9 Å². The number of aryl methyl sites for hydroxylation is 1. The number of urea groups is 1. The molecule has 0 saturated heterocycles. The van der Waals surface area contributed by atoms with Crippen LogP contribution in [0.2, 0.25) is 5.02 Å². The number of hydrogen-bond acceptors (Lipinski definition) is 5. The zero-order valence-corrected chi connectivity index (χ0v) is 17.8. The molecule has 0 saturated carbocycles. The molecule has 1 aliphatic rings. The molecule has 8 nitrogen and oxygen atoms in total. The topological polar surface area (TPSA) is 89.1 Å². The standard InChI is InChI=1S/C22H18ClFN6O2/c1-29-18-10-11-30(22(31)25-17-9-5-3-7-15(17)23)12-14(18)19(28-29)21-27-26-20(32-21)13-6-2-4-8-16(13)24/h2-9H,10-12H2,1H3,(H,25,31). The molecule has 2 aromatic heterocycles. The molecule has 162 valence electrons. The van der Waals surface area contributed by atoms with Gasteiger partial charge in [0.05, 0.1) is 22.8 Å². The van der Waals surface area contributed by atoms with Crippen molar-refractivity contribution in [1.29, 1.82) is 0 Å². The summed E-state index contributed by atoms with van der Waals surface area (Å²) in [5.41, 5.74) is 3.04. The van der Waals surface area contributed by atoms with Crippen LogP contribution in [0.5, 0.6) is 0 Å². The van der Waals surface area contributed by atoms with E-state index < -0.39 is 5.82 Å². The fraction of sp³-hybridized carbons (Fsp3) is 0.182. The number of nitrogens with one attached hydrogen (secondary N) is 1. The highest BCUT2D eigenvalue weighted by Gasteiger charge is 2.30. The van der Waals surface area contributed by atoms with Gasteiger partial charge in [0.1, 0.15) is 5.82 Å². The van der Waals surface area contributed by atoms with Gasteiger partial charge in [-0.2, -0.15) is 5.10 Å². The smallest absolute Gasteiger partial charge is 0.322 e. The van der Waals surface area contributed by atoms with Crippen molar-refractivity contribution in [2.24, 2.45) is 7.05 Å². The molecule has 3 heterocycles. The zero-order chi connectivity index (χ0) is 22.2. The lowest BCUT2D eigenvalue weighted by atomic mass is 10.1. The number of para-hydroxylation sites is 1. The van der Waals surface area contributed by atoms with Crippen LogP contribution in [-0.4, -0.2) is 37.5 Å². The summed E-state index contributed by atoms with van der Waals surface area (Å²) in [6.45, 7) is 0.832. The van der Waals surface area contributed by atoms with Gasteiger partial charge >= 0.3 is 6.03 Å². The molecule has 10 heteroatoms. The highest BCUT2D eigenvalue weighted by Crippen LogP contribution is 2.32. The number of carbonyl (C=O) groups excluding carboxylic acids is 1. The first kappa shape index (κ1) is 20.2. The maximum Gasteiger partial charge on any atom is 0.322 e. The molecule has 2 amide bonds. The zero-order valence-electron chi connectivity index (χ0n) is 17.0. The third kappa shape index (κ3) is 3.60. The first-order valence-electron chi connectivity index (χ1n) is 9.95. The number of halogens is 2. The van der Waals surface area contributed by atoms with Crippen LogP contribution in [0.25, 0.3) is 23.0 Å². The Balaban J connectivity index is 1.42. The summed E-state index contributed by atoms with van der Waals surface area (Å²) in [6.07, 6.45) is 0.614. The quantitative estimate of drug-likeness (QED) is 0.493. The number of nitrogens with zero attached hydrogens (tertiary/aromatic N) is 5. The van der Waals surface area contributed by atoms with E-state index >= 15 is 0 Å². The third-order valence-electron chi connectivity index (χ3n) is 5.38. The molecule has 5 rings (SSSR count). The molecular weight excluding hydrogens is 435 g/mol. The summed E-state index contributed by atoms with van der Waals surface area (Å²) in [4.78, 5) is 14.5. The first-order valence-corrected chi connectivity index (χ1v) is 10.3. The van der Waals surface area contributed by atoms with Crippen molar-refractivity contribution in [3.63, 3.8) is 0 Å². The molecule has 0 aliphatic carbocycles. The van der Waals surface area contributed by atoms with Gasteiger partial charge in [-0.15, -0.1) is 10.2 Å². The van der Waals surface area contributed by atoms with Crippen LogP contribution in [-0.2, 0) is 20.0 Å². The molecular formula is C22H18ClFN6O2. The van der Waals surface area contributed by atoms with E-state index in [9.17, 15) is 9.18 Å². The van der Waals surface area contributed by atoms with Crippen molar-refractivity contribution < 1.29 is 13.6 Å². The van der Waals surface area contributed by atoms with Crippen LogP contribution in [0.4, 0.5) is 14.9 Å². The van der Waals surface area contributed by atoms with E-state index in [1.54, 1.807) is 52.0 Å².